The van der Waals surface area contributed by atoms with E-state index in [0.29, 0.717) is 12.0 Å². The summed E-state index contributed by atoms with van der Waals surface area (Å²) in [5.41, 5.74) is 6.46. The normalized spacial score (nSPS) is 30.8. The van der Waals surface area contributed by atoms with Crippen molar-refractivity contribution in [1.29, 1.82) is 0 Å². The minimum Gasteiger partial charge on any atom is -0.328 e. The van der Waals surface area contributed by atoms with Crippen LogP contribution in [0.5, 0.6) is 0 Å². The van der Waals surface area contributed by atoms with Crippen LogP contribution in [0.3, 0.4) is 0 Å². The lowest BCUT2D eigenvalue weighted by atomic mass is 9.64. The summed E-state index contributed by atoms with van der Waals surface area (Å²) in [6.45, 7) is 14.5. The van der Waals surface area contributed by atoms with Gasteiger partial charge in [0.2, 0.25) is 0 Å². The molecule has 2 N–H and O–H groups in total. The van der Waals surface area contributed by atoms with Gasteiger partial charge in [-0.05, 0) is 86.4 Å². The van der Waals surface area contributed by atoms with Crippen LogP contribution in [0.1, 0.15) is 125 Å². The molecule has 2 aliphatic carbocycles. The third-order valence-corrected chi connectivity index (χ3v) is 9.20. The van der Waals surface area contributed by atoms with Crippen LogP contribution in [0.15, 0.2) is 0 Å². The first-order valence-electron chi connectivity index (χ1n) is 13.6. The number of nitrogens with two attached hydrogens (primary N) is 1. The number of rotatable bonds is 11. The summed E-state index contributed by atoms with van der Waals surface area (Å²) in [5, 5.41) is 0. The van der Waals surface area contributed by atoms with Gasteiger partial charge in [-0.25, -0.2) is 0 Å². The maximum absolute atomic E-state index is 6.46. The summed E-state index contributed by atoms with van der Waals surface area (Å²) in [5.74, 6) is 7.26. The highest BCUT2D eigenvalue weighted by Gasteiger charge is 2.35. The molecule has 7 atom stereocenters. The van der Waals surface area contributed by atoms with Gasteiger partial charge in [0.1, 0.15) is 0 Å². The molecule has 2 rings (SSSR count). The van der Waals surface area contributed by atoms with Crippen molar-refractivity contribution in [2.24, 2.45) is 53.1 Å². The SMILES string of the molecule is CC[C@H](CCC(C)C1CCC(C2CCCCC2)CC1C)C(CCC(C)C)C(C)N. The van der Waals surface area contributed by atoms with E-state index >= 15 is 0 Å². The predicted octanol–water partition coefficient (Wildman–Crippen LogP) is 8.46. The third-order valence-electron chi connectivity index (χ3n) is 9.20. The fraction of sp³-hybridized carbons (Fsp3) is 1.00. The summed E-state index contributed by atoms with van der Waals surface area (Å²) in [6, 6.07) is 0.346. The van der Waals surface area contributed by atoms with E-state index in [1.54, 1.807) is 0 Å². The van der Waals surface area contributed by atoms with Crippen molar-refractivity contribution in [3.63, 3.8) is 0 Å². The average Bonchev–Trinajstić information content (AvgIpc) is 2.70. The van der Waals surface area contributed by atoms with Gasteiger partial charge in [-0.2, -0.15) is 0 Å². The second-order valence-electron chi connectivity index (χ2n) is 11.8. The zero-order valence-corrected chi connectivity index (χ0v) is 21.0. The number of hydrogen-bond acceptors (Lipinski definition) is 1. The summed E-state index contributed by atoms with van der Waals surface area (Å²) < 4.78 is 0. The fourth-order valence-electron chi connectivity index (χ4n) is 7.21. The molecule has 0 aliphatic heterocycles. The maximum atomic E-state index is 6.46. The van der Waals surface area contributed by atoms with Crippen molar-refractivity contribution in [1.82, 2.24) is 0 Å². The molecule has 0 aromatic heterocycles. The van der Waals surface area contributed by atoms with Crippen molar-refractivity contribution in [2.75, 3.05) is 0 Å². The van der Waals surface area contributed by atoms with Crippen molar-refractivity contribution >= 4 is 0 Å². The van der Waals surface area contributed by atoms with E-state index in [2.05, 4.69) is 41.5 Å². The second-order valence-corrected chi connectivity index (χ2v) is 11.8. The quantitative estimate of drug-likeness (QED) is 0.366. The molecule has 0 saturated heterocycles. The van der Waals surface area contributed by atoms with E-state index in [9.17, 15) is 0 Å². The van der Waals surface area contributed by atoms with Gasteiger partial charge in [-0.15, -0.1) is 0 Å². The number of hydrogen-bond donors (Lipinski definition) is 1. The van der Waals surface area contributed by atoms with Crippen molar-refractivity contribution in [3.8, 4) is 0 Å². The second kappa shape index (κ2) is 12.7. The summed E-state index contributed by atoms with van der Waals surface area (Å²) in [4.78, 5) is 0. The van der Waals surface area contributed by atoms with E-state index in [0.717, 1.165) is 41.4 Å². The Hall–Kier alpha value is -0.0400. The van der Waals surface area contributed by atoms with Gasteiger partial charge < -0.3 is 5.73 Å². The summed E-state index contributed by atoms with van der Waals surface area (Å²) >= 11 is 0. The van der Waals surface area contributed by atoms with Crippen LogP contribution in [0.25, 0.3) is 0 Å². The van der Waals surface area contributed by atoms with Crippen LogP contribution >= 0.6 is 0 Å². The summed E-state index contributed by atoms with van der Waals surface area (Å²) in [6.07, 6.45) is 18.9. The van der Waals surface area contributed by atoms with Gasteiger partial charge in [-0.3, -0.25) is 0 Å². The molecule has 1 nitrogen and oxygen atoms in total. The molecule has 0 bridgehead atoms. The molecule has 0 spiro atoms. The molecular weight excluding hydrogens is 350 g/mol. The molecule has 0 heterocycles. The predicted molar refractivity (Wildman–Crippen MR) is 130 cm³/mol. The smallest absolute Gasteiger partial charge is 0.00414 e. The highest BCUT2D eigenvalue weighted by atomic mass is 14.6. The van der Waals surface area contributed by atoms with E-state index in [1.807, 2.05) is 0 Å². The molecule has 6 unspecified atom stereocenters. The molecule has 1 heteroatoms. The lowest BCUT2D eigenvalue weighted by Crippen LogP contribution is -2.34. The average molecular weight is 406 g/mol. The Morgan fingerprint density at radius 1 is 0.793 bits per heavy atom. The van der Waals surface area contributed by atoms with E-state index < -0.39 is 0 Å². The Kier molecular flexibility index (Phi) is 11.1. The molecule has 0 aromatic carbocycles. The van der Waals surface area contributed by atoms with Gasteiger partial charge >= 0.3 is 0 Å². The van der Waals surface area contributed by atoms with Crippen LogP contribution in [-0.2, 0) is 0 Å². The van der Waals surface area contributed by atoms with E-state index in [-0.39, 0.29) is 0 Å². The maximum Gasteiger partial charge on any atom is 0.00414 e. The van der Waals surface area contributed by atoms with Gasteiger partial charge in [0.05, 0.1) is 0 Å². The van der Waals surface area contributed by atoms with Gasteiger partial charge in [0, 0.05) is 6.04 Å². The lowest BCUT2D eigenvalue weighted by Gasteiger charge is -2.42. The molecule has 172 valence electrons. The Morgan fingerprint density at radius 3 is 2.03 bits per heavy atom. The zero-order chi connectivity index (χ0) is 21.4. The standard InChI is InChI=1S/C28H55N/c1-7-24(28(23(6)29)17-13-20(2)3)15-14-21(4)27-18-16-26(19-22(27)5)25-11-9-8-10-12-25/h20-28H,7-19,29H2,1-6H3/t21?,22?,23?,24-,26?,27?,28?/m1/s1. The largest absolute Gasteiger partial charge is 0.328 e. The molecule has 2 aliphatic rings. The molecule has 0 radical (unpaired) electrons. The van der Waals surface area contributed by atoms with E-state index in [4.69, 9.17) is 5.73 Å². The topological polar surface area (TPSA) is 26.0 Å². The zero-order valence-electron chi connectivity index (χ0n) is 21.0. The molecular formula is C28H55N. The van der Waals surface area contributed by atoms with Crippen molar-refractivity contribution < 1.29 is 0 Å². The van der Waals surface area contributed by atoms with Crippen LogP contribution < -0.4 is 5.73 Å². The van der Waals surface area contributed by atoms with Crippen LogP contribution in [-0.4, -0.2) is 6.04 Å². The minimum absolute atomic E-state index is 0.346. The van der Waals surface area contributed by atoms with Crippen molar-refractivity contribution in [2.45, 2.75) is 131 Å². The molecule has 0 amide bonds. The van der Waals surface area contributed by atoms with Crippen LogP contribution in [0.4, 0.5) is 0 Å². The first-order chi connectivity index (χ1) is 13.8. The van der Waals surface area contributed by atoms with Crippen LogP contribution in [0, 0.1) is 47.3 Å². The monoisotopic (exact) mass is 405 g/mol. The summed E-state index contributed by atoms with van der Waals surface area (Å²) in [7, 11) is 0. The highest BCUT2D eigenvalue weighted by Crippen LogP contribution is 2.45. The Labute approximate surface area is 184 Å². The Bertz CT molecular complexity index is 422. The van der Waals surface area contributed by atoms with Crippen LogP contribution in [0.2, 0.25) is 0 Å². The first-order valence-corrected chi connectivity index (χ1v) is 13.6. The van der Waals surface area contributed by atoms with Crippen molar-refractivity contribution in [3.05, 3.63) is 0 Å². The minimum atomic E-state index is 0.346. The third kappa shape index (κ3) is 7.86. The molecule has 0 aromatic rings. The Morgan fingerprint density at radius 2 is 1.48 bits per heavy atom. The highest BCUT2D eigenvalue weighted by molar-refractivity contribution is 4.86. The molecule has 2 fully saturated rings. The van der Waals surface area contributed by atoms with Gasteiger partial charge in [-0.1, -0.05) is 86.0 Å². The van der Waals surface area contributed by atoms with E-state index in [1.165, 1.54) is 83.5 Å². The van der Waals surface area contributed by atoms with Gasteiger partial charge in [0.25, 0.3) is 0 Å². The first kappa shape index (κ1) is 25.2. The van der Waals surface area contributed by atoms with Gasteiger partial charge in [0.15, 0.2) is 0 Å². The fourth-order valence-corrected chi connectivity index (χ4v) is 7.21. The molecule has 29 heavy (non-hydrogen) atoms. The molecule has 2 saturated carbocycles. The Balaban J connectivity index is 1.82. The lowest BCUT2D eigenvalue weighted by molar-refractivity contribution is 0.0874.